The van der Waals surface area contributed by atoms with Crippen LogP contribution in [0.2, 0.25) is 0 Å². The molecule has 10 heteroatoms. The van der Waals surface area contributed by atoms with Gasteiger partial charge in [0.1, 0.15) is 21.8 Å². The molecule has 2 aliphatic rings. The van der Waals surface area contributed by atoms with E-state index in [0.717, 1.165) is 88.7 Å². The molecule has 0 radical (unpaired) electrons. The zero-order valence-electron chi connectivity index (χ0n) is 25.6. The van der Waals surface area contributed by atoms with Gasteiger partial charge in [0.15, 0.2) is 0 Å². The van der Waals surface area contributed by atoms with E-state index in [2.05, 4.69) is 24.8 Å². The van der Waals surface area contributed by atoms with Crippen LogP contribution in [0.3, 0.4) is 0 Å². The minimum absolute atomic E-state index is 0.110. The van der Waals surface area contributed by atoms with Crippen molar-refractivity contribution in [3.05, 3.63) is 31.9 Å². The smallest absolute Gasteiger partial charge is 0.303 e. The molecular weight excluding hydrogens is 569 g/mol. The first-order valence-electron chi connectivity index (χ1n) is 15.5. The van der Waals surface area contributed by atoms with Crippen LogP contribution in [-0.4, -0.2) is 50.4 Å². The Morgan fingerprint density at radius 3 is 2.21 bits per heavy atom. The maximum atomic E-state index is 13.5. The van der Waals surface area contributed by atoms with E-state index in [1.807, 2.05) is 19.9 Å². The quantitative estimate of drug-likeness (QED) is 0.132. The third kappa shape index (κ3) is 8.70. The maximum Gasteiger partial charge on any atom is 0.303 e. The summed E-state index contributed by atoms with van der Waals surface area (Å²) < 4.78 is 2.29. The lowest BCUT2D eigenvalue weighted by atomic mass is 9.91. The average Bonchev–Trinajstić information content (AvgIpc) is 3.19. The molecule has 8 nitrogen and oxygen atoms in total. The Labute approximate surface area is 260 Å². The van der Waals surface area contributed by atoms with Crippen molar-refractivity contribution in [1.82, 2.24) is 9.47 Å². The third-order valence-corrected chi connectivity index (χ3v) is 9.51. The van der Waals surface area contributed by atoms with Crippen LogP contribution in [0.4, 0.5) is 5.82 Å². The van der Waals surface area contributed by atoms with E-state index in [9.17, 15) is 19.6 Å². The Hall–Kier alpha value is -2.64. The normalized spacial score (nSPS) is 20.0. The maximum absolute atomic E-state index is 13.5. The number of nitrogens with zero attached hydrogens (tertiary/aromatic N) is 4. The van der Waals surface area contributed by atoms with Crippen molar-refractivity contribution in [2.75, 3.05) is 24.5 Å². The van der Waals surface area contributed by atoms with Crippen molar-refractivity contribution in [2.45, 2.75) is 105 Å². The van der Waals surface area contributed by atoms with Crippen molar-refractivity contribution >= 4 is 52.1 Å². The van der Waals surface area contributed by atoms with Crippen LogP contribution >= 0.6 is 24.0 Å². The number of aromatic nitrogens is 1. The Morgan fingerprint density at radius 2 is 1.64 bits per heavy atom. The predicted octanol–water partition coefficient (Wildman–Crippen LogP) is 6.72. The van der Waals surface area contributed by atoms with E-state index in [-0.39, 0.29) is 23.5 Å². The molecule has 2 unspecified atom stereocenters. The number of pyridine rings is 1. The number of aliphatic carboxylic acids is 1. The number of hydrogen-bond donors (Lipinski definition) is 1. The summed E-state index contributed by atoms with van der Waals surface area (Å²) in [5.74, 6) is 0.913. The zero-order chi connectivity index (χ0) is 30.8. The molecule has 0 bridgehead atoms. The van der Waals surface area contributed by atoms with Crippen molar-refractivity contribution in [1.29, 1.82) is 5.26 Å². The molecule has 1 aromatic heterocycles. The van der Waals surface area contributed by atoms with E-state index in [1.165, 1.54) is 11.8 Å². The Morgan fingerprint density at radius 1 is 1.05 bits per heavy atom. The number of thioether (sulfide) groups is 1. The highest BCUT2D eigenvalue weighted by atomic mass is 32.2. The molecule has 1 aromatic rings. The lowest BCUT2D eigenvalue weighted by Crippen LogP contribution is -2.43. The van der Waals surface area contributed by atoms with Gasteiger partial charge in [-0.05, 0) is 56.1 Å². The fourth-order valence-corrected chi connectivity index (χ4v) is 7.47. The molecule has 3 rings (SSSR count). The van der Waals surface area contributed by atoms with Gasteiger partial charge in [-0.3, -0.25) is 23.9 Å². The molecule has 2 aliphatic heterocycles. The minimum atomic E-state index is -0.727. The van der Waals surface area contributed by atoms with Crippen molar-refractivity contribution in [2.24, 2.45) is 11.8 Å². The van der Waals surface area contributed by atoms with E-state index in [1.54, 1.807) is 9.47 Å². The number of thiocarbonyl (C=S) groups is 1. The molecule has 0 spiro atoms. The number of carboxylic acid groups (broad SMARTS) is 1. The number of carbonyl (C=O) groups excluding carboxylic acids is 1. The number of nitriles is 1. The van der Waals surface area contributed by atoms with Gasteiger partial charge in [0.2, 0.25) is 0 Å². The summed E-state index contributed by atoms with van der Waals surface area (Å²) in [5.41, 5.74) is 1.25. The SMILES string of the molecule is CCCn1c(N2CC(C)CC(C)C2)c(C=C2SC(=S)N(CCCCCCCCCCC(=O)O)C2=O)c(C)c(C#N)c1=O. The van der Waals surface area contributed by atoms with E-state index in [4.69, 9.17) is 17.3 Å². The molecule has 2 atom stereocenters. The van der Waals surface area contributed by atoms with Crippen LogP contribution in [0.25, 0.3) is 6.08 Å². The number of piperidine rings is 1. The predicted molar refractivity (Wildman–Crippen MR) is 175 cm³/mol. The first-order valence-corrected chi connectivity index (χ1v) is 16.7. The van der Waals surface area contributed by atoms with Gasteiger partial charge >= 0.3 is 5.97 Å². The first kappa shape index (κ1) is 33.9. The number of amides is 1. The van der Waals surface area contributed by atoms with Crippen molar-refractivity contribution < 1.29 is 14.7 Å². The fourth-order valence-electron chi connectivity index (χ4n) is 6.18. The number of unbranched alkanes of at least 4 members (excludes halogenated alkanes) is 7. The van der Waals surface area contributed by atoms with Crippen LogP contribution in [-0.2, 0) is 16.1 Å². The number of carbonyl (C=O) groups is 2. The molecule has 1 amide bonds. The highest BCUT2D eigenvalue weighted by Gasteiger charge is 2.34. The first-order chi connectivity index (χ1) is 20.1. The van der Waals surface area contributed by atoms with Crippen LogP contribution in [0.15, 0.2) is 9.70 Å². The van der Waals surface area contributed by atoms with Crippen LogP contribution in [0.1, 0.15) is 108 Å². The standard InChI is InChI=1S/C32H46N4O4S2/c1-5-15-35-29(34-20-22(2)17-23(3)21-34)25(24(4)26(19-33)30(35)39)18-27-31(40)36(32(41)42-27)16-13-11-9-7-6-8-10-12-14-28(37)38/h18,22-23H,5-17,20-21H2,1-4H3,(H,37,38). The summed E-state index contributed by atoms with van der Waals surface area (Å²) in [5, 5.41) is 18.6. The second kappa shape index (κ2) is 16.3. The summed E-state index contributed by atoms with van der Waals surface area (Å²) >= 11 is 6.91. The van der Waals surface area contributed by atoms with Gasteiger partial charge in [-0.15, -0.1) is 0 Å². The molecule has 2 saturated heterocycles. The van der Waals surface area contributed by atoms with E-state index in [0.29, 0.717) is 39.7 Å². The summed E-state index contributed by atoms with van der Waals surface area (Å²) in [6.07, 6.45) is 11.9. The van der Waals surface area contributed by atoms with E-state index >= 15 is 0 Å². The highest BCUT2D eigenvalue weighted by Crippen LogP contribution is 2.37. The van der Waals surface area contributed by atoms with E-state index < -0.39 is 5.97 Å². The van der Waals surface area contributed by atoms with Gasteiger partial charge in [0.05, 0.1) is 4.91 Å². The third-order valence-electron chi connectivity index (χ3n) is 8.13. The Balaban J connectivity index is 1.76. The largest absolute Gasteiger partial charge is 0.481 e. The van der Waals surface area contributed by atoms with Crippen LogP contribution in [0, 0.1) is 30.1 Å². The van der Waals surface area contributed by atoms with Crippen LogP contribution in [0.5, 0.6) is 0 Å². The molecule has 0 aromatic carbocycles. The lowest BCUT2D eigenvalue weighted by molar-refractivity contribution is -0.137. The topological polar surface area (TPSA) is 107 Å². The second-order valence-corrected chi connectivity index (χ2v) is 13.6. The number of hydrogen-bond acceptors (Lipinski definition) is 7. The molecule has 1 N–H and O–H groups in total. The van der Waals surface area contributed by atoms with Crippen molar-refractivity contribution in [3.8, 4) is 6.07 Å². The number of anilines is 1. The van der Waals surface area contributed by atoms with Gasteiger partial charge in [-0.1, -0.05) is 83.3 Å². The number of rotatable bonds is 15. The fraction of sp³-hybridized carbons (Fsp3) is 0.656. The van der Waals surface area contributed by atoms with Gasteiger partial charge in [0.25, 0.3) is 11.5 Å². The number of carboxylic acids is 1. The van der Waals surface area contributed by atoms with Crippen molar-refractivity contribution in [3.63, 3.8) is 0 Å². The highest BCUT2D eigenvalue weighted by molar-refractivity contribution is 8.26. The van der Waals surface area contributed by atoms with Gasteiger partial charge in [0, 0.05) is 38.2 Å². The Bertz CT molecular complexity index is 1270. The summed E-state index contributed by atoms with van der Waals surface area (Å²) in [4.78, 5) is 42.1. The zero-order valence-corrected chi connectivity index (χ0v) is 27.2. The molecule has 0 aliphatic carbocycles. The summed E-state index contributed by atoms with van der Waals surface area (Å²) in [6, 6.07) is 2.13. The van der Waals surface area contributed by atoms with Gasteiger partial charge in [-0.2, -0.15) is 5.26 Å². The van der Waals surface area contributed by atoms with Gasteiger partial charge in [-0.25, -0.2) is 0 Å². The molecule has 0 saturated carbocycles. The van der Waals surface area contributed by atoms with Gasteiger partial charge < -0.3 is 10.0 Å². The average molecular weight is 615 g/mol. The molecule has 3 heterocycles. The summed E-state index contributed by atoms with van der Waals surface area (Å²) in [7, 11) is 0. The molecular formula is C32H46N4O4S2. The summed E-state index contributed by atoms with van der Waals surface area (Å²) in [6.45, 7) is 11.0. The van der Waals surface area contributed by atoms with Crippen LogP contribution < -0.4 is 10.5 Å². The molecule has 2 fully saturated rings. The second-order valence-electron chi connectivity index (χ2n) is 12.0. The molecule has 42 heavy (non-hydrogen) atoms. The monoisotopic (exact) mass is 614 g/mol. The Kier molecular flexibility index (Phi) is 13.1. The minimum Gasteiger partial charge on any atom is -0.481 e. The molecule has 230 valence electrons. The lowest BCUT2D eigenvalue weighted by Gasteiger charge is -2.39.